The van der Waals surface area contributed by atoms with Crippen LogP contribution in [-0.4, -0.2) is 47.8 Å². The Hall–Kier alpha value is -0.610. The van der Waals surface area contributed by atoms with Crippen LogP contribution in [0.5, 0.6) is 0 Å². The molecular weight excluding hydrogens is 170 g/mol. The van der Waals surface area contributed by atoms with E-state index in [4.69, 9.17) is 4.74 Å². The summed E-state index contributed by atoms with van der Waals surface area (Å²) in [6.07, 6.45) is -0.167. The highest BCUT2D eigenvalue weighted by atomic mass is 16.5. The van der Waals surface area contributed by atoms with Crippen molar-refractivity contribution >= 4 is 5.91 Å². The van der Waals surface area contributed by atoms with E-state index < -0.39 is 6.10 Å². The third kappa shape index (κ3) is 2.97. The van der Waals surface area contributed by atoms with Gasteiger partial charge >= 0.3 is 0 Å². The van der Waals surface area contributed by atoms with E-state index in [9.17, 15) is 9.90 Å². The molecule has 1 amide bonds. The van der Waals surface area contributed by atoms with Crippen molar-refractivity contribution in [2.75, 3.05) is 19.7 Å². The van der Waals surface area contributed by atoms with Crippen LogP contribution in [0, 0.1) is 0 Å². The van der Waals surface area contributed by atoms with Gasteiger partial charge in [0.15, 0.2) is 0 Å². The molecule has 0 aromatic heterocycles. The van der Waals surface area contributed by atoms with E-state index in [1.165, 1.54) is 0 Å². The molecule has 76 valence electrons. The van der Waals surface area contributed by atoms with Gasteiger partial charge in [-0.05, 0) is 13.8 Å². The summed E-state index contributed by atoms with van der Waals surface area (Å²) in [6.45, 7) is 5.56. The molecule has 0 aliphatic carbocycles. The van der Waals surface area contributed by atoms with Crippen molar-refractivity contribution in [1.29, 1.82) is 0 Å². The predicted molar refractivity (Wildman–Crippen MR) is 48.3 cm³/mol. The number of amides is 1. The Morgan fingerprint density at radius 1 is 1.77 bits per heavy atom. The maximum Gasteiger partial charge on any atom is 0.225 e. The highest BCUT2D eigenvalue weighted by molar-refractivity contribution is 5.79. The second-order valence-electron chi connectivity index (χ2n) is 3.42. The zero-order valence-corrected chi connectivity index (χ0v) is 8.19. The van der Waals surface area contributed by atoms with Gasteiger partial charge in [0, 0.05) is 19.7 Å². The van der Waals surface area contributed by atoms with Crippen molar-refractivity contribution in [1.82, 2.24) is 4.90 Å². The lowest BCUT2D eigenvalue weighted by molar-refractivity contribution is -0.129. The van der Waals surface area contributed by atoms with Crippen LogP contribution in [-0.2, 0) is 9.53 Å². The number of β-amino-alcohol motifs (C(OH)–C–C–N with tert-alkyl or cyclic N) is 1. The maximum atomic E-state index is 11.2. The van der Waals surface area contributed by atoms with Gasteiger partial charge in [-0.25, -0.2) is 0 Å². The molecule has 0 bridgehead atoms. The number of ether oxygens (including phenoxy) is 1. The molecule has 0 aromatic rings. The quantitative estimate of drug-likeness (QED) is 0.674. The van der Waals surface area contributed by atoms with Crippen LogP contribution in [0.3, 0.4) is 0 Å². The molecule has 1 heterocycles. The van der Waals surface area contributed by atoms with Gasteiger partial charge in [-0.2, -0.15) is 0 Å². The molecule has 2 atom stereocenters. The minimum Gasteiger partial charge on any atom is -0.391 e. The fourth-order valence-electron chi connectivity index (χ4n) is 1.58. The number of aliphatic hydroxyl groups is 1. The monoisotopic (exact) mass is 187 g/mol. The third-order valence-corrected chi connectivity index (χ3v) is 2.12. The van der Waals surface area contributed by atoms with Gasteiger partial charge in [0.05, 0.1) is 18.6 Å². The van der Waals surface area contributed by atoms with E-state index >= 15 is 0 Å². The Morgan fingerprint density at radius 2 is 2.46 bits per heavy atom. The highest BCUT2D eigenvalue weighted by Gasteiger charge is 2.28. The minimum absolute atomic E-state index is 0.0269. The number of carbonyl (C=O) groups excluding carboxylic acids is 1. The predicted octanol–water partition coefficient (Wildman–Crippen LogP) is 0.00460. The Kier molecular flexibility index (Phi) is 3.69. The van der Waals surface area contributed by atoms with Gasteiger partial charge in [0.2, 0.25) is 5.91 Å². The molecule has 2 unspecified atom stereocenters. The molecule has 1 aliphatic heterocycles. The summed E-state index contributed by atoms with van der Waals surface area (Å²) in [6, 6.07) is 0. The molecule has 0 aromatic carbocycles. The largest absolute Gasteiger partial charge is 0.391 e. The van der Waals surface area contributed by atoms with Crippen molar-refractivity contribution in [3.8, 4) is 0 Å². The van der Waals surface area contributed by atoms with Crippen molar-refractivity contribution in [2.24, 2.45) is 0 Å². The van der Waals surface area contributed by atoms with E-state index in [0.717, 1.165) is 0 Å². The van der Waals surface area contributed by atoms with Gasteiger partial charge in [-0.3, -0.25) is 4.79 Å². The number of carbonyl (C=O) groups is 1. The van der Waals surface area contributed by atoms with Gasteiger partial charge in [0.1, 0.15) is 0 Å². The summed E-state index contributed by atoms with van der Waals surface area (Å²) in [5, 5.41) is 9.21. The Bertz CT molecular complexity index is 184. The molecule has 4 nitrogen and oxygen atoms in total. The lowest BCUT2D eigenvalue weighted by Crippen LogP contribution is -2.34. The van der Waals surface area contributed by atoms with E-state index in [2.05, 4.69) is 0 Å². The first kappa shape index (κ1) is 10.5. The van der Waals surface area contributed by atoms with E-state index in [1.807, 2.05) is 13.8 Å². The summed E-state index contributed by atoms with van der Waals surface area (Å²) in [5.74, 6) is 0.0269. The average molecular weight is 187 g/mol. The van der Waals surface area contributed by atoms with Crippen LogP contribution in [0.25, 0.3) is 0 Å². The topological polar surface area (TPSA) is 49.8 Å². The zero-order chi connectivity index (χ0) is 9.84. The summed E-state index contributed by atoms with van der Waals surface area (Å²) in [7, 11) is 0. The van der Waals surface area contributed by atoms with Crippen LogP contribution < -0.4 is 0 Å². The molecule has 0 saturated carbocycles. The van der Waals surface area contributed by atoms with Crippen molar-refractivity contribution < 1.29 is 14.6 Å². The fourth-order valence-corrected chi connectivity index (χ4v) is 1.58. The van der Waals surface area contributed by atoms with Crippen molar-refractivity contribution in [2.45, 2.75) is 32.5 Å². The van der Waals surface area contributed by atoms with Gasteiger partial charge in [0.25, 0.3) is 0 Å². The Morgan fingerprint density at radius 3 is 2.92 bits per heavy atom. The number of likely N-dealkylation sites (tertiary alicyclic amines) is 1. The van der Waals surface area contributed by atoms with Gasteiger partial charge < -0.3 is 14.7 Å². The number of aliphatic hydroxyl groups excluding tert-OH is 1. The molecule has 1 rings (SSSR count). The first-order valence-corrected chi connectivity index (χ1v) is 4.71. The van der Waals surface area contributed by atoms with Gasteiger partial charge in [-0.1, -0.05) is 0 Å². The first-order chi connectivity index (χ1) is 6.13. The molecule has 1 saturated heterocycles. The summed E-state index contributed by atoms with van der Waals surface area (Å²) < 4.78 is 5.31. The highest BCUT2D eigenvalue weighted by Crippen LogP contribution is 2.11. The smallest absolute Gasteiger partial charge is 0.225 e. The van der Waals surface area contributed by atoms with Crippen LogP contribution >= 0.6 is 0 Å². The van der Waals surface area contributed by atoms with Crippen LogP contribution in [0.2, 0.25) is 0 Å². The lowest BCUT2D eigenvalue weighted by Gasteiger charge is -2.20. The van der Waals surface area contributed by atoms with Crippen LogP contribution in [0.1, 0.15) is 20.3 Å². The molecule has 0 radical (unpaired) electrons. The fraction of sp³-hybridized carbons (Fsp3) is 0.889. The normalized spacial score (nSPS) is 25.3. The number of rotatable bonds is 4. The summed E-state index contributed by atoms with van der Waals surface area (Å²) in [5.41, 5.74) is 0. The standard InChI is InChI=1S/C9H17NO3/c1-3-13-7(2)5-10-6-8(11)4-9(10)12/h7-8,11H,3-6H2,1-2H3. The third-order valence-electron chi connectivity index (χ3n) is 2.12. The Labute approximate surface area is 78.5 Å². The summed E-state index contributed by atoms with van der Waals surface area (Å²) in [4.78, 5) is 12.9. The number of hydrogen-bond acceptors (Lipinski definition) is 3. The molecule has 0 spiro atoms. The zero-order valence-electron chi connectivity index (χ0n) is 8.19. The van der Waals surface area contributed by atoms with E-state index in [-0.39, 0.29) is 18.4 Å². The lowest BCUT2D eigenvalue weighted by atomic mass is 10.3. The Balaban J connectivity index is 2.32. The first-order valence-electron chi connectivity index (χ1n) is 4.71. The number of hydrogen-bond donors (Lipinski definition) is 1. The summed E-state index contributed by atoms with van der Waals surface area (Å²) >= 11 is 0. The molecule has 1 fully saturated rings. The second-order valence-corrected chi connectivity index (χ2v) is 3.42. The minimum atomic E-state index is -0.485. The van der Waals surface area contributed by atoms with Crippen LogP contribution in [0.15, 0.2) is 0 Å². The average Bonchev–Trinajstić information content (AvgIpc) is 2.30. The molecule has 1 aliphatic rings. The van der Waals surface area contributed by atoms with E-state index in [1.54, 1.807) is 4.90 Å². The van der Waals surface area contributed by atoms with Gasteiger partial charge in [-0.15, -0.1) is 0 Å². The molecular formula is C9H17NO3. The van der Waals surface area contributed by atoms with E-state index in [0.29, 0.717) is 19.7 Å². The maximum absolute atomic E-state index is 11.2. The number of nitrogens with zero attached hydrogens (tertiary/aromatic N) is 1. The van der Waals surface area contributed by atoms with Crippen molar-refractivity contribution in [3.05, 3.63) is 0 Å². The molecule has 13 heavy (non-hydrogen) atoms. The molecule has 1 N–H and O–H groups in total. The molecule has 4 heteroatoms. The van der Waals surface area contributed by atoms with Crippen molar-refractivity contribution in [3.63, 3.8) is 0 Å². The SMILES string of the molecule is CCOC(C)CN1CC(O)CC1=O. The second kappa shape index (κ2) is 4.58. The van der Waals surface area contributed by atoms with Crippen LogP contribution in [0.4, 0.5) is 0 Å².